The monoisotopic (exact) mass is 377 g/mol. The summed E-state index contributed by atoms with van der Waals surface area (Å²) in [5, 5.41) is 8.42. The molecule has 1 aliphatic rings. The number of benzene rings is 2. The molecule has 26 heavy (non-hydrogen) atoms. The van der Waals surface area contributed by atoms with Crippen LogP contribution in [0.25, 0.3) is 0 Å². The number of halogens is 2. The normalized spacial score (nSPS) is 15.8. The van der Waals surface area contributed by atoms with Gasteiger partial charge in [-0.05, 0) is 43.1 Å². The van der Waals surface area contributed by atoms with Crippen molar-refractivity contribution in [2.45, 2.75) is 25.3 Å². The first kappa shape index (κ1) is 19.9. The molecule has 3 rings (SSSR count). The van der Waals surface area contributed by atoms with E-state index in [2.05, 4.69) is 16.0 Å². The van der Waals surface area contributed by atoms with Crippen molar-refractivity contribution in [3.05, 3.63) is 59.9 Å². The molecule has 0 saturated carbocycles. The third kappa shape index (κ3) is 5.28. The second-order valence-electron chi connectivity index (χ2n) is 6.04. The summed E-state index contributed by atoms with van der Waals surface area (Å²) >= 11 is 0. The number of amides is 2. The van der Waals surface area contributed by atoms with Crippen molar-refractivity contribution in [2.24, 2.45) is 0 Å². The van der Waals surface area contributed by atoms with Gasteiger partial charge >= 0.3 is 0 Å². The summed E-state index contributed by atoms with van der Waals surface area (Å²) < 4.78 is 14.0. The molecule has 1 unspecified atom stereocenters. The Morgan fingerprint density at radius 3 is 2.58 bits per heavy atom. The van der Waals surface area contributed by atoms with E-state index in [0.29, 0.717) is 5.69 Å². The average molecular weight is 378 g/mol. The molecule has 0 spiro atoms. The second kappa shape index (κ2) is 9.31. The van der Waals surface area contributed by atoms with Crippen molar-refractivity contribution in [1.29, 1.82) is 0 Å². The third-order valence-corrected chi connectivity index (χ3v) is 4.09. The molecule has 1 aliphatic heterocycles. The highest BCUT2D eigenvalue weighted by atomic mass is 35.5. The number of carbonyl (C=O) groups excluding carboxylic acids is 2. The summed E-state index contributed by atoms with van der Waals surface area (Å²) in [6, 6.07) is 13.2. The molecule has 0 aromatic heterocycles. The first-order valence-corrected chi connectivity index (χ1v) is 8.29. The Bertz CT molecular complexity index is 765. The van der Waals surface area contributed by atoms with Crippen LogP contribution in [-0.4, -0.2) is 24.4 Å². The summed E-state index contributed by atoms with van der Waals surface area (Å²) in [7, 11) is 0. The van der Waals surface area contributed by atoms with Gasteiger partial charge in [0.2, 0.25) is 11.8 Å². The summed E-state index contributed by atoms with van der Waals surface area (Å²) in [5.74, 6) is -1.00. The largest absolute Gasteiger partial charge is 0.325 e. The van der Waals surface area contributed by atoms with Gasteiger partial charge in [0.25, 0.3) is 0 Å². The molecule has 1 atom stereocenters. The van der Waals surface area contributed by atoms with Gasteiger partial charge in [0.1, 0.15) is 5.82 Å². The SMILES string of the molecule is Cl.O=C(Cc1ccccc1)Nc1cc(NC(=O)C2CCCN2)ccc1F. The molecule has 2 aromatic carbocycles. The van der Waals surface area contributed by atoms with Crippen LogP contribution >= 0.6 is 12.4 Å². The van der Waals surface area contributed by atoms with Gasteiger partial charge in [-0.2, -0.15) is 0 Å². The molecule has 0 aliphatic carbocycles. The highest BCUT2D eigenvalue weighted by molar-refractivity contribution is 5.97. The molecule has 7 heteroatoms. The van der Waals surface area contributed by atoms with E-state index in [4.69, 9.17) is 0 Å². The molecule has 3 N–H and O–H groups in total. The fourth-order valence-electron chi connectivity index (χ4n) is 2.81. The maximum absolute atomic E-state index is 14.0. The van der Waals surface area contributed by atoms with Crippen LogP contribution in [0.1, 0.15) is 18.4 Å². The van der Waals surface area contributed by atoms with Crippen molar-refractivity contribution < 1.29 is 14.0 Å². The molecule has 5 nitrogen and oxygen atoms in total. The minimum Gasteiger partial charge on any atom is -0.325 e. The van der Waals surface area contributed by atoms with E-state index in [-0.39, 0.29) is 42.4 Å². The van der Waals surface area contributed by atoms with Crippen LogP contribution in [-0.2, 0) is 16.0 Å². The molecule has 2 amide bonds. The Balaban J connectivity index is 0.00000243. The van der Waals surface area contributed by atoms with Crippen LogP contribution in [0.2, 0.25) is 0 Å². The number of hydrogen-bond donors (Lipinski definition) is 3. The van der Waals surface area contributed by atoms with Crippen LogP contribution in [0.4, 0.5) is 15.8 Å². The lowest BCUT2D eigenvalue weighted by atomic mass is 10.1. The summed E-state index contributed by atoms with van der Waals surface area (Å²) in [5.41, 5.74) is 1.35. The van der Waals surface area contributed by atoms with E-state index in [0.717, 1.165) is 24.9 Å². The van der Waals surface area contributed by atoms with Crippen LogP contribution in [0.3, 0.4) is 0 Å². The van der Waals surface area contributed by atoms with Gasteiger partial charge < -0.3 is 16.0 Å². The molecule has 0 bridgehead atoms. The van der Waals surface area contributed by atoms with Crippen molar-refractivity contribution >= 4 is 35.6 Å². The van der Waals surface area contributed by atoms with Crippen LogP contribution in [0.15, 0.2) is 48.5 Å². The quantitative estimate of drug-likeness (QED) is 0.749. The number of rotatable bonds is 5. The van der Waals surface area contributed by atoms with Gasteiger partial charge in [-0.3, -0.25) is 9.59 Å². The lowest BCUT2D eigenvalue weighted by Crippen LogP contribution is -2.35. The van der Waals surface area contributed by atoms with Crippen molar-refractivity contribution in [2.75, 3.05) is 17.2 Å². The Labute approximate surface area is 157 Å². The lowest BCUT2D eigenvalue weighted by molar-refractivity contribution is -0.118. The Kier molecular flexibility index (Phi) is 7.12. The summed E-state index contributed by atoms with van der Waals surface area (Å²) in [6.07, 6.45) is 1.90. The van der Waals surface area contributed by atoms with Gasteiger partial charge in [0.15, 0.2) is 0 Å². The van der Waals surface area contributed by atoms with Crippen LogP contribution < -0.4 is 16.0 Å². The van der Waals surface area contributed by atoms with E-state index >= 15 is 0 Å². The van der Waals surface area contributed by atoms with E-state index in [9.17, 15) is 14.0 Å². The van der Waals surface area contributed by atoms with Crippen LogP contribution in [0, 0.1) is 5.82 Å². The first-order valence-electron chi connectivity index (χ1n) is 8.29. The molecular formula is C19H21ClFN3O2. The van der Waals surface area contributed by atoms with Gasteiger partial charge in [0, 0.05) is 5.69 Å². The second-order valence-corrected chi connectivity index (χ2v) is 6.04. The fourth-order valence-corrected chi connectivity index (χ4v) is 2.81. The smallest absolute Gasteiger partial charge is 0.241 e. The zero-order valence-electron chi connectivity index (χ0n) is 14.1. The third-order valence-electron chi connectivity index (χ3n) is 4.09. The average Bonchev–Trinajstić information content (AvgIpc) is 3.13. The number of anilines is 2. The highest BCUT2D eigenvalue weighted by Crippen LogP contribution is 2.21. The Hall–Kier alpha value is -2.44. The standard InChI is InChI=1S/C19H20FN3O2.ClH/c20-15-9-8-14(22-19(25)16-7-4-10-21-16)12-17(15)23-18(24)11-13-5-2-1-3-6-13;/h1-3,5-6,8-9,12,16,21H,4,7,10-11H2,(H,22,25)(H,23,24);1H. The van der Waals surface area contributed by atoms with Crippen molar-refractivity contribution in [3.63, 3.8) is 0 Å². The molecule has 138 valence electrons. The molecule has 1 heterocycles. The zero-order valence-corrected chi connectivity index (χ0v) is 14.9. The molecule has 2 aromatic rings. The molecule has 1 saturated heterocycles. The highest BCUT2D eigenvalue weighted by Gasteiger charge is 2.22. The number of hydrogen-bond acceptors (Lipinski definition) is 3. The predicted octanol–water partition coefficient (Wildman–Crippen LogP) is 3.12. The van der Waals surface area contributed by atoms with Crippen LogP contribution in [0.5, 0.6) is 0 Å². The van der Waals surface area contributed by atoms with Gasteiger partial charge in [-0.25, -0.2) is 4.39 Å². The minimum atomic E-state index is -0.543. The van der Waals surface area contributed by atoms with E-state index in [1.807, 2.05) is 30.3 Å². The first-order chi connectivity index (χ1) is 12.1. The van der Waals surface area contributed by atoms with Gasteiger partial charge in [-0.15, -0.1) is 12.4 Å². The number of carbonyl (C=O) groups is 2. The van der Waals surface area contributed by atoms with Crippen molar-refractivity contribution in [3.8, 4) is 0 Å². The Morgan fingerprint density at radius 1 is 1.12 bits per heavy atom. The molecular weight excluding hydrogens is 357 g/mol. The van der Waals surface area contributed by atoms with E-state index in [1.54, 1.807) is 0 Å². The molecule has 0 radical (unpaired) electrons. The molecule has 1 fully saturated rings. The topological polar surface area (TPSA) is 70.2 Å². The van der Waals surface area contributed by atoms with Gasteiger partial charge in [-0.1, -0.05) is 30.3 Å². The van der Waals surface area contributed by atoms with E-state index < -0.39 is 5.82 Å². The summed E-state index contributed by atoms with van der Waals surface area (Å²) in [4.78, 5) is 24.2. The lowest BCUT2D eigenvalue weighted by Gasteiger charge is -2.13. The predicted molar refractivity (Wildman–Crippen MR) is 102 cm³/mol. The van der Waals surface area contributed by atoms with E-state index in [1.165, 1.54) is 18.2 Å². The van der Waals surface area contributed by atoms with Crippen molar-refractivity contribution in [1.82, 2.24) is 5.32 Å². The van der Waals surface area contributed by atoms with Gasteiger partial charge in [0.05, 0.1) is 18.2 Å². The summed E-state index contributed by atoms with van der Waals surface area (Å²) in [6.45, 7) is 0.822. The Morgan fingerprint density at radius 2 is 1.88 bits per heavy atom. The zero-order chi connectivity index (χ0) is 17.6. The maximum atomic E-state index is 14.0. The minimum absolute atomic E-state index is 0. The fraction of sp³-hybridized carbons (Fsp3) is 0.263. The maximum Gasteiger partial charge on any atom is 0.241 e. The number of nitrogens with one attached hydrogen (secondary N) is 3.